The summed E-state index contributed by atoms with van der Waals surface area (Å²) in [6.45, 7) is 4.90. The molecule has 0 radical (unpaired) electrons. The van der Waals surface area contributed by atoms with E-state index >= 15 is 0 Å². The van der Waals surface area contributed by atoms with Gasteiger partial charge in [0.25, 0.3) is 5.91 Å². The summed E-state index contributed by atoms with van der Waals surface area (Å²) in [4.78, 5) is 12.5. The van der Waals surface area contributed by atoms with E-state index in [1.54, 1.807) is 26.8 Å². The molecule has 0 spiro atoms. The summed E-state index contributed by atoms with van der Waals surface area (Å²) in [7, 11) is -0.690. The van der Waals surface area contributed by atoms with E-state index in [4.69, 9.17) is 25.8 Å². The third-order valence-electron chi connectivity index (χ3n) is 3.95. The Kier molecular flexibility index (Phi) is 7.94. The summed E-state index contributed by atoms with van der Waals surface area (Å²) >= 11 is 6.06. The molecule has 2 aromatic carbocycles. The maximum absolute atomic E-state index is 12.3. The first kappa shape index (κ1) is 23.8. The highest BCUT2D eigenvalue weighted by Gasteiger charge is 2.17. The summed E-state index contributed by atoms with van der Waals surface area (Å²) in [5, 5.41) is 3.03. The molecule has 164 valence electrons. The van der Waals surface area contributed by atoms with Crippen molar-refractivity contribution in [2.45, 2.75) is 31.7 Å². The van der Waals surface area contributed by atoms with Gasteiger partial charge in [0.05, 0.1) is 29.8 Å². The minimum atomic E-state index is -3.61. The summed E-state index contributed by atoms with van der Waals surface area (Å²) in [5.41, 5.74) is 0.963. The maximum atomic E-state index is 12.3. The number of anilines is 1. The summed E-state index contributed by atoms with van der Waals surface area (Å²) in [6.07, 6.45) is 0. The van der Waals surface area contributed by atoms with Crippen LogP contribution >= 0.6 is 11.6 Å². The molecule has 0 aromatic heterocycles. The van der Waals surface area contributed by atoms with Gasteiger partial charge < -0.3 is 19.5 Å². The molecule has 30 heavy (non-hydrogen) atoms. The molecule has 1 amide bonds. The molecule has 0 unspecified atom stereocenters. The molecule has 0 heterocycles. The van der Waals surface area contributed by atoms with Crippen LogP contribution in [0.1, 0.15) is 19.4 Å². The van der Waals surface area contributed by atoms with Crippen molar-refractivity contribution in [2.24, 2.45) is 0 Å². The second-order valence-electron chi connectivity index (χ2n) is 6.73. The summed E-state index contributed by atoms with van der Waals surface area (Å²) in [6, 6.07) is 7.29. The van der Waals surface area contributed by atoms with E-state index in [2.05, 4.69) is 10.0 Å². The number of carbonyl (C=O) groups excluding carboxylic acids is 1. The van der Waals surface area contributed by atoms with Gasteiger partial charge in [0.1, 0.15) is 17.2 Å². The molecule has 2 rings (SSSR count). The van der Waals surface area contributed by atoms with Gasteiger partial charge >= 0.3 is 0 Å². The van der Waals surface area contributed by atoms with Crippen LogP contribution in [-0.2, 0) is 14.8 Å². The average Bonchev–Trinajstić information content (AvgIpc) is 2.66. The molecule has 8 nitrogen and oxygen atoms in total. The predicted octanol–water partition coefficient (Wildman–Crippen LogP) is 3.37. The number of hydrogen-bond acceptors (Lipinski definition) is 6. The van der Waals surface area contributed by atoms with Gasteiger partial charge in [0.2, 0.25) is 10.0 Å². The van der Waals surface area contributed by atoms with Gasteiger partial charge in [-0.15, -0.1) is 0 Å². The largest absolute Gasteiger partial charge is 0.495 e. The Balaban J connectivity index is 2.08. The molecule has 0 bridgehead atoms. The molecule has 0 aliphatic heterocycles. The van der Waals surface area contributed by atoms with Crippen LogP contribution in [0.4, 0.5) is 5.69 Å². The molecule has 0 saturated carbocycles. The lowest BCUT2D eigenvalue weighted by molar-refractivity contribution is -0.118. The van der Waals surface area contributed by atoms with Gasteiger partial charge in [-0.3, -0.25) is 4.79 Å². The number of hydrogen-bond donors (Lipinski definition) is 2. The van der Waals surface area contributed by atoms with Crippen molar-refractivity contribution in [3.8, 4) is 17.2 Å². The number of aryl methyl sites for hydroxylation is 1. The van der Waals surface area contributed by atoms with E-state index in [-0.39, 0.29) is 17.5 Å². The number of methoxy groups -OCH3 is 2. The highest BCUT2D eigenvalue weighted by Crippen LogP contribution is 2.35. The Morgan fingerprint density at radius 3 is 2.30 bits per heavy atom. The zero-order valence-corrected chi connectivity index (χ0v) is 19.0. The quantitative estimate of drug-likeness (QED) is 0.599. The number of halogens is 1. The van der Waals surface area contributed by atoms with E-state index in [1.165, 1.54) is 38.5 Å². The number of amides is 1. The Morgan fingerprint density at radius 1 is 1.07 bits per heavy atom. The van der Waals surface area contributed by atoms with Crippen LogP contribution in [0.15, 0.2) is 35.2 Å². The maximum Gasteiger partial charge on any atom is 0.262 e. The molecule has 0 atom stereocenters. The first-order chi connectivity index (χ1) is 14.1. The van der Waals surface area contributed by atoms with Crippen LogP contribution < -0.4 is 24.2 Å². The second kappa shape index (κ2) is 10.0. The Morgan fingerprint density at radius 2 is 1.73 bits per heavy atom. The van der Waals surface area contributed by atoms with Gasteiger partial charge in [0.15, 0.2) is 6.61 Å². The first-order valence-corrected chi connectivity index (χ1v) is 10.9. The molecule has 2 aromatic rings. The third-order valence-corrected chi connectivity index (χ3v) is 5.91. The fraction of sp³-hybridized carbons (Fsp3) is 0.350. The molecule has 10 heteroatoms. The van der Waals surface area contributed by atoms with Crippen molar-refractivity contribution in [2.75, 3.05) is 26.1 Å². The van der Waals surface area contributed by atoms with Crippen LogP contribution in [-0.4, -0.2) is 41.2 Å². The summed E-state index contributed by atoms with van der Waals surface area (Å²) in [5.74, 6) is 0.721. The third kappa shape index (κ3) is 6.01. The van der Waals surface area contributed by atoms with Crippen molar-refractivity contribution in [3.63, 3.8) is 0 Å². The lowest BCUT2D eigenvalue weighted by atomic mass is 10.2. The Hall–Kier alpha value is -2.49. The molecule has 0 fully saturated rings. The van der Waals surface area contributed by atoms with Crippen LogP contribution in [0, 0.1) is 6.92 Å². The van der Waals surface area contributed by atoms with E-state index in [0.29, 0.717) is 33.5 Å². The lowest BCUT2D eigenvalue weighted by Crippen LogP contribution is -2.30. The van der Waals surface area contributed by atoms with Crippen LogP contribution in [0.3, 0.4) is 0 Å². The Bertz CT molecular complexity index is 1020. The molecular formula is C20H25ClN2O6S. The average molecular weight is 457 g/mol. The van der Waals surface area contributed by atoms with Crippen molar-refractivity contribution in [1.29, 1.82) is 0 Å². The van der Waals surface area contributed by atoms with Crippen molar-refractivity contribution < 1.29 is 27.4 Å². The fourth-order valence-electron chi connectivity index (χ4n) is 2.62. The number of carbonyl (C=O) groups is 1. The Labute approximate surface area is 181 Å². The smallest absolute Gasteiger partial charge is 0.262 e. The second-order valence-corrected chi connectivity index (χ2v) is 8.85. The van der Waals surface area contributed by atoms with Crippen molar-refractivity contribution in [3.05, 3.63) is 40.9 Å². The zero-order valence-electron chi connectivity index (χ0n) is 17.4. The fourth-order valence-corrected chi connectivity index (χ4v) is 4.18. The number of rotatable bonds is 9. The predicted molar refractivity (Wildman–Crippen MR) is 115 cm³/mol. The van der Waals surface area contributed by atoms with E-state index in [1.807, 2.05) is 0 Å². The van der Waals surface area contributed by atoms with Gasteiger partial charge in [-0.25, -0.2) is 13.1 Å². The highest BCUT2D eigenvalue weighted by atomic mass is 35.5. The number of sulfonamides is 1. The van der Waals surface area contributed by atoms with Crippen molar-refractivity contribution in [1.82, 2.24) is 4.72 Å². The van der Waals surface area contributed by atoms with Gasteiger partial charge in [-0.05, 0) is 44.5 Å². The zero-order chi connectivity index (χ0) is 22.5. The standard InChI is InChI=1S/C20H25ClN2O6S/c1-12(2)23-30(25,26)14-6-7-17(13(3)8-14)29-11-20(24)22-16-10-18(27-4)15(21)9-19(16)28-5/h6-10,12,23H,11H2,1-5H3,(H,22,24). The molecule has 0 aliphatic rings. The molecule has 0 saturated heterocycles. The van der Waals surface area contributed by atoms with Crippen LogP contribution in [0.25, 0.3) is 0 Å². The van der Waals surface area contributed by atoms with Gasteiger partial charge in [-0.1, -0.05) is 11.6 Å². The van der Waals surface area contributed by atoms with Gasteiger partial charge in [-0.2, -0.15) is 0 Å². The van der Waals surface area contributed by atoms with Gasteiger partial charge in [0, 0.05) is 18.2 Å². The topological polar surface area (TPSA) is 103 Å². The normalized spacial score (nSPS) is 11.3. The van der Waals surface area contributed by atoms with Crippen LogP contribution in [0.2, 0.25) is 5.02 Å². The minimum Gasteiger partial charge on any atom is -0.495 e. The van der Waals surface area contributed by atoms with Crippen LogP contribution in [0.5, 0.6) is 17.2 Å². The minimum absolute atomic E-state index is 0.128. The number of ether oxygens (including phenoxy) is 3. The van der Waals surface area contributed by atoms with E-state index in [0.717, 1.165) is 0 Å². The van der Waals surface area contributed by atoms with Crippen molar-refractivity contribution >= 4 is 33.2 Å². The van der Waals surface area contributed by atoms with E-state index in [9.17, 15) is 13.2 Å². The van der Waals surface area contributed by atoms with E-state index < -0.39 is 15.9 Å². The molecular weight excluding hydrogens is 432 g/mol. The molecule has 2 N–H and O–H groups in total. The highest BCUT2D eigenvalue weighted by molar-refractivity contribution is 7.89. The number of benzene rings is 2. The molecule has 0 aliphatic carbocycles. The summed E-state index contributed by atoms with van der Waals surface area (Å²) < 4.78 is 43.0. The number of nitrogens with one attached hydrogen (secondary N) is 2. The lowest BCUT2D eigenvalue weighted by Gasteiger charge is -2.15. The first-order valence-electron chi connectivity index (χ1n) is 9.04. The monoisotopic (exact) mass is 456 g/mol. The SMILES string of the molecule is COc1cc(NC(=O)COc2ccc(S(=O)(=O)NC(C)C)cc2C)c(OC)cc1Cl.